The molecular formula is C12H21NO4. The van der Waals surface area contributed by atoms with Gasteiger partial charge in [-0.2, -0.15) is 0 Å². The van der Waals surface area contributed by atoms with Gasteiger partial charge in [0.2, 0.25) is 5.91 Å². The third kappa shape index (κ3) is 5.02. The molecule has 98 valence electrons. The predicted molar refractivity (Wildman–Crippen MR) is 61.8 cm³/mol. The normalized spacial score (nSPS) is 29.9. The predicted octanol–water partition coefficient (Wildman–Crippen LogP) is 0.429. The molecule has 3 aliphatic heterocycles. The molecule has 1 amide bonds. The van der Waals surface area contributed by atoms with Crippen LogP contribution in [0.3, 0.4) is 0 Å². The number of nitrogens with zero attached hydrogens (tertiary/aromatic N) is 1. The number of rotatable bonds is 5. The van der Waals surface area contributed by atoms with Crippen molar-refractivity contribution in [3.8, 4) is 0 Å². The second-order valence-corrected chi connectivity index (χ2v) is 4.53. The van der Waals surface area contributed by atoms with Crippen LogP contribution in [0.15, 0.2) is 0 Å². The van der Waals surface area contributed by atoms with Gasteiger partial charge in [0.15, 0.2) is 0 Å². The van der Waals surface area contributed by atoms with Crippen molar-refractivity contribution in [2.24, 2.45) is 0 Å². The Morgan fingerprint density at radius 3 is 2.18 bits per heavy atom. The van der Waals surface area contributed by atoms with Gasteiger partial charge < -0.3 is 19.1 Å². The minimum atomic E-state index is 0.326. The summed E-state index contributed by atoms with van der Waals surface area (Å²) in [5.41, 5.74) is 0. The van der Waals surface area contributed by atoms with E-state index in [1.807, 2.05) is 11.8 Å². The van der Waals surface area contributed by atoms with Crippen LogP contribution in [0.4, 0.5) is 0 Å². The van der Waals surface area contributed by atoms with Gasteiger partial charge in [0.1, 0.15) is 12.2 Å². The van der Waals surface area contributed by atoms with Crippen LogP contribution >= 0.6 is 0 Å². The van der Waals surface area contributed by atoms with Crippen LogP contribution in [0.2, 0.25) is 0 Å². The van der Waals surface area contributed by atoms with E-state index in [0.717, 1.165) is 52.4 Å². The summed E-state index contributed by atoms with van der Waals surface area (Å²) in [5.74, 6) is 0.326. The lowest BCUT2D eigenvalue weighted by Crippen LogP contribution is -2.23. The first-order chi connectivity index (χ1) is 8.29. The molecule has 17 heavy (non-hydrogen) atoms. The summed E-state index contributed by atoms with van der Waals surface area (Å²) in [4.78, 5) is 12.6. The Bertz CT molecular complexity index is 239. The van der Waals surface area contributed by atoms with Gasteiger partial charge in [-0.25, -0.2) is 0 Å². The minimum absolute atomic E-state index is 0.326. The van der Waals surface area contributed by atoms with E-state index in [0.29, 0.717) is 18.1 Å². The van der Waals surface area contributed by atoms with Crippen LogP contribution in [-0.4, -0.2) is 62.5 Å². The molecule has 0 aromatic heterocycles. The topological polar surface area (TPSA) is 54.6 Å². The second-order valence-electron chi connectivity index (χ2n) is 4.53. The van der Waals surface area contributed by atoms with Crippen LogP contribution in [-0.2, 0) is 19.0 Å². The second kappa shape index (κ2) is 6.33. The molecule has 0 aromatic carbocycles. The molecule has 0 bridgehead atoms. The van der Waals surface area contributed by atoms with E-state index >= 15 is 0 Å². The Hall–Kier alpha value is -0.650. The van der Waals surface area contributed by atoms with Gasteiger partial charge in [0.05, 0.1) is 26.4 Å². The summed E-state index contributed by atoms with van der Waals surface area (Å²) in [6, 6.07) is 0. The number of carbonyl (C=O) groups is 1. The van der Waals surface area contributed by atoms with E-state index in [9.17, 15) is 4.79 Å². The van der Waals surface area contributed by atoms with Crippen molar-refractivity contribution in [3.63, 3.8) is 0 Å². The molecule has 0 N–H and O–H groups in total. The largest absolute Gasteiger partial charge is 0.376 e. The zero-order chi connectivity index (χ0) is 12.1. The maximum atomic E-state index is 10.7. The summed E-state index contributed by atoms with van der Waals surface area (Å²) in [6.07, 6.45) is 2.62. The highest BCUT2D eigenvalue weighted by Gasteiger charge is 2.26. The number of likely N-dealkylation sites (tertiary alicyclic amines) is 1. The van der Waals surface area contributed by atoms with Crippen molar-refractivity contribution < 1.29 is 19.0 Å². The van der Waals surface area contributed by atoms with E-state index in [2.05, 4.69) is 0 Å². The highest BCUT2D eigenvalue weighted by molar-refractivity contribution is 5.77. The standard InChI is InChI=1S/C6H11NO.C6H10O3/c1-2-7-5-3-4-6(7)8;1(5-3-8-5)7-2-6-4-9-6/h2-5H2,1H3;5-6H,1-4H2. The lowest BCUT2D eigenvalue weighted by Gasteiger charge is -2.10. The quantitative estimate of drug-likeness (QED) is 0.657. The Balaban J connectivity index is 0.000000128. The summed E-state index contributed by atoms with van der Waals surface area (Å²) in [7, 11) is 0. The summed E-state index contributed by atoms with van der Waals surface area (Å²) in [5, 5.41) is 0. The van der Waals surface area contributed by atoms with Crippen LogP contribution in [0.1, 0.15) is 19.8 Å². The molecule has 3 saturated heterocycles. The monoisotopic (exact) mass is 243 g/mol. The van der Waals surface area contributed by atoms with Crippen LogP contribution < -0.4 is 0 Å². The van der Waals surface area contributed by atoms with E-state index in [-0.39, 0.29) is 0 Å². The van der Waals surface area contributed by atoms with Crippen LogP contribution in [0.25, 0.3) is 0 Å². The van der Waals surface area contributed by atoms with Gasteiger partial charge in [-0.15, -0.1) is 0 Å². The molecule has 0 spiro atoms. The Morgan fingerprint density at radius 2 is 1.88 bits per heavy atom. The molecule has 0 saturated carbocycles. The first kappa shape index (κ1) is 12.8. The number of hydrogen-bond acceptors (Lipinski definition) is 4. The lowest BCUT2D eigenvalue weighted by molar-refractivity contribution is -0.127. The Kier molecular flexibility index (Phi) is 4.76. The lowest BCUT2D eigenvalue weighted by atomic mass is 10.4. The number of epoxide rings is 2. The first-order valence-corrected chi connectivity index (χ1v) is 6.38. The van der Waals surface area contributed by atoms with Crippen LogP contribution in [0, 0.1) is 0 Å². The number of hydrogen-bond donors (Lipinski definition) is 0. The van der Waals surface area contributed by atoms with Crippen LogP contribution in [0.5, 0.6) is 0 Å². The molecule has 3 aliphatic rings. The maximum Gasteiger partial charge on any atom is 0.222 e. The van der Waals surface area contributed by atoms with Gasteiger partial charge >= 0.3 is 0 Å². The molecule has 5 heteroatoms. The first-order valence-electron chi connectivity index (χ1n) is 6.38. The van der Waals surface area contributed by atoms with Crippen molar-refractivity contribution in [2.75, 3.05) is 39.5 Å². The Labute approximate surface area is 102 Å². The smallest absolute Gasteiger partial charge is 0.222 e. The van der Waals surface area contributed by atoms with Crippen molar-refractivity contribution in [1.29, 1.82) is 0 Å². The van der Waals surface area contributed by atoms with Crippen molar-refractivity contribution in [1.82, 2.24) is 4.90 Å². The maximum absolute atomic E-state index is 10.7. The molecule has 2 unspecified atom stereocenters. The molecule has 3 heterocycles. The van der Waals surface area contributed by atoms with Crippen molar-refractivity contribution >= 4 is 5.91 Å². The number of amides is 1. The van der Waals surface area contributed by atoms with E-state index in [4.69, 9.17) is 14.2 Å². The zero-order valence-corrected chi connectivity index (χ0v) is 10.4. The van der Waals surface area contributed by atoms with Crippen molar-refractivity contribution in [2.45, 2.75) is 32.0 Å². The molecule has 2 atom stereocenters. The van der Waals surface area contributed by atoms with Gasteiger partial charge in [-0.1, -0.05) is 0 Å². The fourth-order valence-electron chi connectivity index (χ4n) is 1.70. The molecule has 5 nitrogen and oxygen atoms in total. The number of carbonyl (C=O) groups excluding carboxylic acids is 1. The SMILES string of the molecule is C(OCC1CO1)C1CO1.CCN1CCCC1=O. The third-order valence-corrected chi connectivity index (χ3v) is 2.97. The fourth-order valence-corrected chi connectivity index (χ4v) is 1.70. The summed E-state index contributed by atoms with van der Waals surface area (Å²) < 4.78 is 15.1. The van der Waals surface area contributed by atoms with Gasteiger partial charge in [0.25, 0.3) is 0 Å². The van der Waals surface area contributed by atoms with E-state index in [1.165, 1.54) is 0 Å². The molecule has 0 aromatic rings. The average Bonchev–Trinajstić information content (AvgIpc) is 3.23. The van der Waals surface area contributed by atoms with E-state index in [1.54, 1.807) is 0 Å². The van der Waals surface area contributed by atoms with Gasteiger partial charge in [-0.05, 0) is 13.3 Å². The molecular weight excluding hydrogens is 222 g/mol. The zero-order valence-electron chi connectivity index (χ0n) is 10.4. The average molecular weight is 243 g/mol. The van der Waals surface area contributed by atoms with Gasteiger partial charge in [0, 0.05) is 19.5 Å². The molecule has 0 aliphatic carbocycles. The molecule has 3 fully saturated rings. The minimum Gasteiger partial charge on any atom is -0.376 e. The Morgan fingerprint density at radius 1 is 1.29 bits per heavy atom. The van der Waals surface area contributed by atoms with Gasteiger partial charge in [-0.3, -0.25) is 4.79 Å². The summed E-state index contributed by atoms with van der Waals surface area (Å²) in [6.45, 7) is 7.15. The fraction of sp³-hybridized carbons (Fsp3) is 0.917. The third-order valence-electron chi connectivity index (χ3n) is 2.97. The highest BCUT2D eigenvalue weighted by atomic mass is 16.6. The molecule has 3 rings (SSSR count). The number of ether oxygens (including phenoxy) is 3. The van der Waals surface area contributed by atoms with E-state index < -0.39 is 0 Å². The van der Waals surface area contributed by atoms with Crippen molar-refractivity contribution in [3.05, 3.63) is 0 Å². The highest BCUT2D eigenvalue weighted by Crippen LogP contribution is 2.12. The summed E-state index contributed by atoms with van der Waals surface area (Å²) >= 11 is 0. The molecule has 0 radical (unpaired) electrons.